The van der Waals surface area contributed by atoms with Crippen molar-refractivity contribution in [2.24, 2.45) is 10.8 Å². The lowest BCUT2D eigenvalue weighted by Crippen LogP contribution is -2.46. The van der Waals surface area contributed by atoms with Crippen molar-refractivity contribution in [3.63, 3.8) is 0 Å². The van der Waals surface area contributed by atoms with Gasteiger partial charge in [-0.25, -0.2) is 52.7 Å². The Labute approximate surface area is 687 Å². The van der Waals surface area contributed by atoms with E-state index in [1.54, 1.807) is 0 Å². The molecule has 0 amide bonds. The summed E-state index contributed by atoms with van der Waals surface area (Å²) in [5, 5.41) is 56.6. The zero-order valence-electron chi connectivity index (χ0n) is 69.1. The van der Waals surface area contributed by atoms with Crippen LogP contribution < -0.4 is 0 Å². The average Bonchev–Trinajstić information content (AvgIpc) is 0.845. The van der Waals surface area contributed by atoms with Crippen LogP contribution >= 0.6 is 0 Å². The molecule has 0 bridgehead atoms. The second-order valence-corrected chi connectivity index (χ2v) is 26.4. The molecule has 0 spiro atoms. The number of carbonyl (C=O) groups excluding carboxylic acids is 11. The highest BCUT2D eigenvalue weighted by Gasteiger charge is 2.38. The fraction of sp³-hybridized carbons (Fsp3) is 0.817. The maximum Gasteiger partial charge on any atom is 0.508 e. The quantitative estimate of drug-likeness (QED) is 0.0218. The number of hydrogen-bond acceptors (Lipinski definition) is 48. The van der Waals surface area contributed by atoms with Gasteiger partial charge in [0.25, 0.3) is 5.95 Å². The monoisotopic (exact) mass is 1740 g/mol. The molecule has 0 fully saturated rings. The second kappa shape index (κ2) is 66.6. The van der Waals surface area contributed by atoms with Gasteiger partial charge in [0.15, 0.2) is 0 Å². The molecule has 0 aromatic heterocycles. The van der Waals surface area contributed by atoms with Crippen LogP contribution in [0.25, 0.3) is 0 Å². The van der Waals surface area contributed by atoms with Gasteiger partial charge in [-0.1, -0.05) is 0 Å². The summed E-state index contributed by atoms with van der Waals surface area (Å²) in [6, 6.07) is 0. The van der Waals surface area contributed by atoms with E-state index in [1.165, 1.54) is 83.1 Å². The van der Waals surface area contributed by atoms with Crippen molar-refractivity contribution in [1.82, 2.24) is 0 Å². The molecule has 48 nitrogen and oxygen atoms in total. The summed E-state index contributed by atoms with van der Waals surface area (Å²) in [6.45, 7) is 6.97. The molecule has 0 saturated heterocycles. The summed E-state index contributed by atoms with van der Waals surface area (Å²) in [7, 11) is 0. The Balaban J connectivity index is 7.60. The van der Waals surface area contributed by atoms with E-state index in [0.717, 1.165) is 0 Å². The van der Waals surface area contributed by atoms with Gasteiger partial charge in [0, 0.05) is 0 Å². The largest absolute Gasteiger partial charge is 0.508 e. The Hall–Kier alpha value is -9.21. The van der Waals surface area contributed by atoms with Crippen LogP contribution in [0, 0.1) is 10.8 Å². The zero-order chi connectivity index (χ0) is 89.4. The van der Waals surface area contributed by atoms with Crippen LogP contribution in [0.15, 0.2) is 12.5 Å². The molecule has 0 rings (SSSR count). The maximum absolute atomic E-state index is 12.7. The predicted octanol–water partition coefficient (Wildman–Crippen LogP) is 3.88. The summed E-state index contributed by atoms with van der Waals surface area (Å²) in [6.07, 6.45) is -25.0. The smallest absolute Gasteiger partial charge is 0.463 e. The van der Waals surface area contributed by atoms with E-state index in [1.807, 2.05) is 0 Å². The third kappa shape index (κ3) is 66.3. The molecular formula is C71H120O48. The summed E-state index contributed by atoms with van der Waals surface area (Å²) in [5.74, 6) is -0.245. The highest BCUT2D eigenvalue weighted by atomic mass is 16.8. The predicted molar refractivity (Wildman–Crippen MR) is 390 cm³/mol. The topological polar surface area (TPSA) is 595 Å². The minimum Gasteiger partial charge on any atom is -0.463 e. The summed E-state index contributed by atoms with van der Waals surface area (Å²) >= 11 is 0. The van der Waals surface area contributed by atoms with Crippen molar-refractivity contribution in [2.45, 2.75) is 156 Å². The van der Waals surface area contributed by atoms with Crippen LogP contribution in [0.2, 0.25) is 0 Å². The first-order valence-electron chi connectivity index (χ1n) is 37.4. The summed E-state index contributed by atoms with van der Waals surface area (Å²) < 4.78 is 164. The van der Waals surface area contributed by atoms with Gasteiger partial charge in [0.05, 0.1) is 140 Å². The minimum absolute atomic E-state index is 0.245. The molecule has 0 saturated carbocycles. The Morgan fingerprint density at radius 1 is 0.202 bits per heavy atom. The summed E-state index contributed by atoms with van der Waals surface area (Å²) in [4.78, 5) is 136. The van der Waals surface area contributed by atoms with Gasteiger partial charge < -0.3 is 177 Å². The van der Waals surface area contributed by atoms with E-state index in [4.69, 9.17) is 147 Å². The Morgan fingerprint density at radius 2 is 0.353 bits per heavy atom. The molecule has 12 atom stereocenters. The zero-order valence-corrected chi connectivity index (χ0v) is 69.1. The van der Waals surface area contributed by atoms with Crippen molar-refractivity contribution in [3.8, 4) is 0 Å². The molecule has 0 radical (unpaired) electrons. The van der Waals surface area contributed by atoms with Crippen molar-refractivity contribution in [3.05, 3.63) is 12.5 Å². The molecule has 0 aliphatic heterocycles. The van der Waals surface area contributed by atoms with Crippen LogP contribution in [0.4, 0.5) is 52.7 Å². The van der Waals surface area contributed by atoms with E-state index in [-0.39, 0.29) is 85.2 Å². The van der Waals surface area contributed by atoms with Gasteiger partial charge in [-0.05, 0) is 89.7 Å². The van der Waals surface area contributed by atoms with E-state index in [0.29, 0.717) is 0 Å². The van der Waals surface area contributed by atoms with Crippen LogP contribution in [0.3, 0.4) is 0 Å². The van der Waals surface area contributed by atoms with E-state index >= 15 is 0 Å². The Morgan fingerprint density at radius 3 is 0.529 bits per heavy atom. The van der Waals surface area contributed by atoms with Crippen molar-refractivity contribution < 1.29 is 230 Å². The maximum atomic E-state index is 12.7. The van der Waals surface area contributed by atoms with Crippen molar-refractivity contribution in [1.29, 1.82) is 0 Å². The first-order chi connectivity index (χ1) is 56.3. The molecule has 6 N–H and O–H groups in total. The van der Waals surface area contributed by atoms with Crippen molar-refractivity contribution >= 4 is 67.7 Å². The van der Waals surface area contributed by atoms with Gasteiger partial charge >= 0.3 is 67.7 Å². The fourth-order valence-electron chi connectivity index (χ4n) is 7.76. The van der Waals surface area contributed by atoms with Crippen molar-refractivity contribution in [2.75, 3.05) is 211 Å². The lowest BCUT2D eigenvalue weighted by molar-refractivity contribution is -0.149. The number of ether oxygens (including phenoxy) is 31. The number of aliphatic hydroxyl groups is 6. The number of rotatable bonds is 66. The molecule has 0 aliphatic carbocycles. The van der Waals surface area contributed by atoms with Gasteiger partial charge in [0.2, 0.25) is 0 Å². The molecule has 692 valence electrons. The molecule has 119 heavy (non-hydrogen) atoms. The van der Waals surface area contributed by atoms with E-state index < -0.39 is 284 Å². The minimum atomic E-state index is -1.56. The lowest BCUT2D eigenvalue weighted by Gasteiger charge is -2.36. The summed E-state index contributed by atoms with van der Waals surface area (Å²) in [5.41, 5.74) is -3.09. The van der Waals surface area contributed by atoms with E-state index in [2.05, 4.69) is 6.58 Å². The van der Waals surface area contributed by atoms with Crippen LogP contribution in [0.5, 0.6) is 0 Å². The molecular weight excluding hydrogens is 1620 g/mol. The number of hydrogen-bond donors (Lipinski definition) is 6. The molecule has 12 unspecified atom stereocenters. The third-order valence-electron chi connectivity index (χ3n) is 13.1. The number of carbonyl (C=O) groups is 11. The fourth-order valence-corrected chi connectivity index (χ4v) is 7.76. The van der Waals surface area contributed by atoms with E-state index in [9.17, 15) is 83.4 Å². The van der Waals surface area contributed by atoms with Crippen LogP contribution in [-0.2, 0) is 147 Å². The van der Waals surface area contributed by atoms with Gasteiger partial charge in [-0.2, -0.15) is 0 Å². The van der Waals surface area contributed by atoms with Crippen LogP contribution in [-0.4, -0.2) is 383 Å². The number of aliphatic hydroxyl groups excluding tert-OH is 6. The highest BCUT2D eigenvalue weighted by Crippen LogP contribution is 2.26. The molecule has 0 aromatic carbocycles. The Kier molecular flexibility index (Phi) is 61.4. The Bertz CT molecular complexity index is 2340. The lowest BCUT2D eigenvalue weighted by atomic mass is 9.90. The van der Waals surface area contributed by atoms with Crippen LogP contribution in [0.1, 0.15) is 83.1 Å². The molecule has 0 heterocycles. The highest BCUT2D eigenvalue weighted by molar-refractivity contribution is 5.64. The first kappa shape index (κ1) is 110. The standard InChI is InChI=1S/C71H120O48/c1-46(72)26-103-64(83)114-52(7)32-102-58(13)96-20-14-89-38-70(39-90-15-21-97-59(78)109-33-53(8)115-65(84)104-27-47(2)73,40-91-16-22-98-60(79)110-34-54(9)116-66(85)105-28-48(3)74)44-95-45-71(41-92-17-23-99-61(80)111-35-55(10)117-67(86)106-29-49(4)75,42-93-18-24-100-62(81)112-36-56(11)118-68(87)107-30-50(5)76)43-94-19-25-101-63(82)113-37-57(12)119-69(88)108-31-51(6)77/h46-57,72-77H,13-45H2,1-12H3. The normalized spacial score (nSPS) is 15.1. The molecule has 0 aromatic rings. The average molecular weight is 1740 g/mol. The van der Waals surface area contributed by atoms with Gasteiger partial charge in [-0.3, -0.25) is 0 Å². The SMILES string of the molecule is C=C(OCCOCC(COCCOC(=O)OCC(C)OC(=O)OCC(C)O)(COCCOC(=O)OCC(C)OC(=O)OCC(C)O)COCC(COCCOC(=O)OCC(C)OC(=O)OCC(C)O)(COCCOC(=O)OCC(C)OC(=O)OCC(C)O)COCCOC(=O)OCC(C)OC(=O)OCC(C)O)OCC(C)OC(=O)OCC(C)O. The van der Waals surface area contributed by atoms with Gasteiger partial charge in [-0.15, -0.1) is 0 Å². The molecule has 48 heteroatoms. The second-order valence-electron chi connectivity index (χ2n) is 26.4. The van der Waals surface area contributed by atoms with Gasteiger partial charge in [0.1, 0.15) is 156 Å². The first-order valence-corrected chi connectivity index (χ1v) is 37.4. The third-order valence-corrected chi connectivity index (χ3v) is 13.1. The molecule has 0 aliphatic rings.